The number of hydrogen-bond donors (Lipinski definition) is 5. The molecular formula is C11H18N6O5. The molecule has 6 N–H and O–H groups in total. The van der Waals surface area contributed by atoms with Crippen LogP contribution in [-0.4, -0.2) is 43.1 Å². The number of aromatic nitrogens is 2. The van der Waals surface area contributed by atoms with Crippen LogP contribution in [0.4, 0.5) is 17.5 Å². The van der Waals surface area contributed by atoms with Gasteiger partial charge in [0.15, 0.2) is 0 Å². The van der Waals surface area contributed by atoms with Gasteiger partial charge >= 0.3 is 11.2 Å². The normalized spacial score (nSPS) is 12.2. The van der Waals surface area contributed by atoms with Gasteiger partial charge in [-0.2, -0.15) is 4.98 Å². The van der Waals surface area contributed by atoms with Crippen molar-refractivity contribution in [3.8, 4) is 0 Å². The molecular weight excluding hydrogens is 296 g/mol. The topological polar surface area (TPSA) is 180 Å². The predicted octanol–water partition coefficient (Wildman–Crippen LogP) is 0.0535. The maximum atomic E-state index is 11.7. The summed E-state index contributed by atoms with van der Waals surface area (Å²) in [7, 11) is 0. The fourth-order valence-corrected chi connectivity index (χ4v) is 2.15. The molecule has 0 saturated carbocycles. The lowest BCUT2D eigenvalue weighted by Crippen LogP contribution is -2.47. The maximum absolute atomic E-state index is 11.7. The smallest absolute Gasteiger partial charge is 0.375 e. The minimum atomic E-state index is -1.11. The van der Waals surface area contributed by atoms with Crippen molar-refractivity contribution >= 4 is 23.2 Å². The molecule has 1 rings (SSSR count). The molecule has 0 amide bonds. The molecule has 1 aromatic heterocycles. The summed E-state index contributed by atoms with van der Waals surface area (Å²) in [5.74, 6) is -0.657. The fraction of sp³-hybridized carbons (Fsp3) is 0.545. The molecule has 1 aromatic rings. The van der Waals surface area contributed by atoms with Gasteiger partial charge in [-0.1, -0.05) is 19.0 Å². The monoisotopic (exact) mass is 314 g/mol. The van der Waals surface area contributed by atoms with E-state index in [-0.39, 0.29) is 17.5 Å². The fourth-order valence-electron chi connectivity index (χ4n) is 2.15. The highest BCUT2D eigenvalue weighted by atomic mass is 16.6. The number of aromatic amines is 1. The van der Waals surface area contributed by atoms with E-state index in [4.69, 9.17) is 10.9 Å². The second-order valence-electron chi connectivity index (χ2n) is 4.52. The summed E-state index contributed by atoms with van der Waals surface area (Å²) in [6, 6.07) is 0. The summed E-state index contributed by atoms with van der Waals surface area (Å²) < 4.78 is 0. The van der Waals surface area contributed by atoms with Crippen LogP contribution in [0.5, 0.6) is 0 Å². The Morgan fingerprint density at radius 1 is 1.55 bits per heavy atom. The molecule has 0 radical (unpaired) electrons. The summed E-state index contributed by atoms with van der Waals surface area (Å²) in [6.45, 7) is 2.87. The molecule has 0 fully saturated rings. The Bertz CT molecular complexity index is 636. The number of nitrogens with two attached hydrogens (primary N) is 1. The van der Waals surface area contributed by atoms with E-state index < -0.39 is 28.3 Å². The molecule has 0 aliphatic heterocycles. The molecule has 11 heteroatoms. The van der Waals surface area contributed by atoms with E-state index in [0.717, 1.165) is 0 Å². The molecule has 0 aliphatic rings. The van der Waals surface area contributed by atoms with Crippen molar-refractivity contribution in [3.05, 3.63) is 20.5 Å². The Hall–Kier alpha value is -2.69. The Morgan fingerprint density at radius 2 is 2.14 bits per heavy atom. The number of H-pyrrole nitrogens is 1. The third kappa shape index (κ3) is 3.14. The first kappa shape index (κ1) is 17.4. The summed E-state index contributed by atoms with van der Waals surface area (Å²) in [5, 5.41) is 35.2. The van der Waals surface area contributed by atoms with E-state index in [2.05, 4.69) is 15.5 Å². The highest BCUT2D eigenvalue weighted by molar-refractivity contribution is 5.96. The summed E-state index contributed by atoms with van der Waals surface area (Å²) in [4.78, 5) is 27.6. The van der Waals surface area contributed by atoms with Crippen molar-refractivity contribution in [1.82, 2.24) is 9.97 Å². The van der Waals surface area contributed by atoms with Crippen LogP contribution in [0, 0.1) is 10.1 Å². The second kappa shape index (κ2) is 6.85. The van der Waals surface area contributed by atoms with Crippen LogP contribution in [-0.2, 0) is 0 Å². The number of nitrogens with zero attached hydrogens (tertiary/aromatic N) is 3. The lowest BCUT2D eigenvalue weighted by molar-refractivity contribution is -0.385. The average Bonchev–Trinajstić information content (AvgIpc) is 2.45. The Morgan fingerprint density at radius 3 is 2.55 bits per heavy atom. The quantitative estimate of drug-likeness (QED) is 0.202. The maximum Gasteiger partial charge on any atom is 0.375 e. The molecule has 0 aliphatic carbocycles. The minimum Gasteiger partial charge on any atom is -0.411 e. The Kier molecular flexibility index (Phi) is 5.40. The van der Waals surface area contributed by atoms with E-state index in [1.165, 1.54) is 0 Å². The van der Waals surface area contributed by atoms with Crippen LogP contribution >= 0.6 is 0 Å². The number of aliphatic hydroxyl groups is 1. The van der Waals surface area contributed by atoms with Crippen LogP contribution in [0.25, 0.3) is 0 Å². The summed E-state index contributed by atoms with van der Waals surface area (Å²) in [6.07, 6.45) is 0.629. The standard InChI is InChI=1S/C11H18N6O5/c1-3-11(4-2,6(5-18)16-20)15-8-7(17(21)22)9(19)14-10(12)13-8/h18,20H,3-5H2,1-2H3,(H4,12,13,14,15,19)/b16-6+. The van der Waals surface area contributed by atoms with Crippen molar-refractivity contribution < 1.29 is 15.2 Å². The van der Waals surface area contributed by atoms with E-state index in [1.54, 1.807) is 13.8 Å². The Balaban J connectivity index is 3.49. The van der Waals surface area contributed by atoms with Gasteiger partial charge in [-0.15, -0.1) is 0 Å². The lowest BCUT2D eigenvalue weighted by atomic mass is 9.87. The number of anilines is 2. The molecule has 11 nitrogen and oxygen atoms in total. The molecule has 0 saturated heterocycles. The van der Waals surface area contributed by atoms with Crippen molar-refractivity contribution in [2.45, 2.75) is 32.2 Å². The third-order valence-corrected chi connectivity index (χ3v) is 3.48. The molecule has 0 bridgehead atoms. The third-order valence-electron chi connectivity index (χ3n) is 3.48. The van der Waals surface area contributed by atoms with Crippen molar-refractivity contribution in [2.24, 2.45) is 5.16 Å². The van der Waals surface area contributed by atoms with Gasteiger partial charge in [0.05, 0.1) is 17.1 Å². The van der Waals surface area contributed by atoms with Crippen LogP contribution in [0.3, 0.4) is 0 Å². The molecule has 1 heterocycles. The zero-order chi connectivity index (χ0) is 16.9. The highest BCUT2D eigenvalue weighted by Crippen LogP contribution is 2.27. The van der Waals surface area contributed by atoms with Gasteiger partial charge in [0, 0.05) is 0 Å². The first-order chi connectivity index (χ1) is 10.3. The molecule has 0 atom stereocenters. The first-order valence-electron chi connectivity index (χ1n) is 6.49. The summed E-state index contributed by atoms with van der Waals surface area (Å²) in [5.41, 5.74) is 2.45. The molecule has 22 heavy (non-hydrogen) atoms. The number of hydrogen-bond acceptors (Lipinski definition) is 9. The van der Waals surface area contributed by atoms with Crippen molar-refractivity contribution in [2.75, 3.05) is 17.7 Å². The number of nitrogens with one attached hydrogen (secondary N) is 2. The lowest BCUT2D eigenvalue weighted by Gasteiger charge is -2.32. The van der Waals surface area contributed by atoms with Crippen LogP contribution < -0.4 is 16.6 Å². The van der Waals surface area contributed by atoms with E-state index in [0.29, 0.717) is 12.8 Å². The van der Waals surface area contributed by atoms with Crippen LogP contribution in [0.1, 0.15) is 26.7 Å². The SMILES string of the molecule is CCC(CC)(Nc1nc(N)[nH]c(=O)c1[N+](=O)[O-])/C(CO)=N/O. The van der Waals surface area contributed by atoms with Gasteiger partial charge in [-0.25, -0.2) is 0 Å². The average molecular weight is 314 g/mol. The first-order valence-corrected chi connectivity index (χ1v) is 6.49. The summed E-state index contributed by atoms with van der Waals surface area (Å²) >= 11 is 0. The molecule has 0 spiro atoms. The number of nitro groups is 1. The number of aliphatic hydroxyl groups excluding tert-OH is 1. The largest absolute Gasteiger partial charge is 0.411 e. The number of rotatable bonds is 7. The minimum absolute atomic E-state index is 0.0348. The van der Waals surface area contributed by atoms with Gasteiger partial charge in [0.25, 0.3) is 0 Å². The van der Waals surface area contributed by atoms with Gasteiger partial charge < -0.3 is 21.4 Å². The zero-order valence-electron chi connectivity index (χ0n) is 12.2. The van der Waals surface area contributed by atoms with Gasteiger partial charge in [-0.3, -0.25) is 19.9 Å². The van der Waals surface area contributed by atoms with E-state index in [1.807, 2.05) is 4.98 Å². The van der Waals surface area contributed by atoms with E-state index >= 15 is 0 Å². The van der Waals surface area contributed by atoms with Crippen LogP contribution in [0.2, 0.25) is 0 Å². The van der Waals surface area contributed by atoms with Gasteiger partial charge in [-0.05, 0) is 12.8 Å². The van der Waals surface area contributed by atoms with Crippen molar-refractivity contribution in [3.63, 3.8) is 0 Å². The number of nitrogen functional groups attached to an aromatic ring is 1. The van der Waals surface area contributed by atoms with Gasteiger partial charge in [0.1, 0.15) is 5.71 Å². The highest BCUT2D eigenvalue weighted by Gasteiger charge is 2.36. The second-order valence-corrected chi connectivity index (χ2v) is 4.52. The van der Waals surface area contributed by atoms with Gasteiger partial charge in [0.2, 0.25) is 11.8 Å². The number of oxime groups is 1. The Labute approximate surface area is 125 Å². The molecule has 0 unspecified atom stereocenters. The molecule has 122 valence electrons. The predicted molar refractivity (Wildman–Crippen MR) is 79.2 cm³/mol. The van der Waals surface area contributed by atoms with Crippen LogP contribution in [0.15, 0.2) is 9.95 Å². The van der Waals surface area contributed by atoms with E-state index in [9.17, 15) is 20.0 Å². The molecule has 0 aromatic carbocycles. The van der Waals surface area contributed by atoms with Crippen molar-refractivity contribution in [1.29, 1.82) is 0 Å². The zero-order valence-corrected chi connectivity index (χ0v) is 12.2.